The standard InChI is InChI=1S/C19H18IN3O/c1-2-23-11-17(20)18(24)16-9-15(10-21-19(16)23)22-14-7-12-5-3-4-6-13(12)8-14/h3-6,9-11,14,22H,2,7-8H2,1H3. The molecule has 0 unspecified atom stereocenters. The van der Waals surface area contributed by atoms with Gasteiger partial charge in [0.2, 0.25) is 5.43 Å². The summed E-state index contributed by atoms with van der Waals surface area (Å²) >= 11 is 2.10. The highest BCUT2D eigenvalue weighted by Gasteiger charge is 2.21. The average Bonchev–Trinajstić information content (AvgIpc) is 3.00. The summed E-state index contributed by atoms with van der Waals surface area (Å²) in [4.78, 5) is 17.0. The van der Waals surface area contributed by atoms with E-state index < -0.39 is 0 Å². The van der Waals surface area contributed by atoms with Crippen LogP contribution in [0.1, 0.15) is 18.1 Å². The van der Waals surface area contributed by atoms with E-state index in [0.717, 1.165) is 34.3 Å². The maximum atomic E-state index is 12.5. The first-order valence-electron chi connectivity index (χ1n) is 8.17. The minimum atomic E-state index is 0.0566. The number of nitrogens with one attached hydrogen (secondary N) is 1. The first-order chi connectivity index (χ1) is 11.7. The first kappa shape index (κ1) is 15.6. The van der Waals surface area contributed by atoms with E-state index in [-0.39, 0.29) is 5.43 Å². The van der Waals surface area contributed by atoms with E-state index in [4.69, 9.17) is 0 Å². The molecule has 0 saturated carbocycles. The smallest absolute Gasteiger partial charge is 0.204 e. The lowest BCUT2D eigenvalue weighted by Crippen LogP contribution is -2.20. The lowest BCUT2D eigenvalue weighted by molar-refractivity contribution is 0.767. The molecule has 0 atom stereocenters. The Balaban J connectivity index is 1.67. The van der Waals surface area contributed by atoms with E-state index >= 15 is 0 Å². The Morgan fingerprint density at radius 3 is 2.67 bits per heavy atom. The molecule has 0 bridgehead atoms. The number of anilines is 1. The summed E-state index contributed by atoms with van der Waals surface area (Å²) in [5.41, 5.74) is 4.55. The summed E-state index contributed by atoms with van der Waals surface area (Å²) in [5, 5.41) is 4.24. The van der Waals surface area contributed by atoms with Gasteiger partial charge >= 0.3 is 0 Å². The molecule has 0 spiro atoms. The van der Waals surface area contributed by atoms with Crippen molar-refractivity contribution in [1.29, 1.82) is 0 Å². The number of benzene rings is 1. The van der Waals surface area contributed by atoms with Crippen molar-refractivity contribution in [2.24, 2.45) is 0 Å². The van der Waals surface area contributed by atoms with Crippen molar-refractivity contribution in [3.63, 3.8) is 0 Å². The molecule has 4 nitrogen and oxygen atoms in total. The molecule has 1 aliphatic rings. The van der Waals surface area contributed by atoms with E-state index in [0.29, 0.717) is 11.4 Å². The largest absolute Gasteiger partial charge is 0.380 e. The lowest BCUT2D eigenvalue weighted by atomic mass is 10.1. The van der Waals surface area contributed by atoms with E-state index in [2.05, 4.69) is 64.1 Å². The van der Waals surface area contributed by atoms with E-state index in [1.54, 1.807) is 0 Å². The summed E-state index contributed by atoms with van der Waals surface area (Å²) in [6, 6.07) is 10.9. The van der Waals surface area contributed by atoms with Crippen LogP contribution < -0.4 is 10.7 Å². The van der Waals surface area contributed by atoms with E-state index in [1.807, 2.05) is 23.0 Å². The van der Waals surface area contributed by atoms with Crippen LogP contribution in [0.5, 0.6) is 0 Å². The van der Waals surface area contributed by atoms with Crippen LogP contribution in [0.2, 0.25) is 0 Å². The monoisotopic (exact) mass is 431 g/mol. The van der Waals surface area contributed by atoms with Crippen molar-refractivity contribution in [2.45, 2.75) is 32.4 Å². The number of hydrogen-bond donors (Lipinski definition) is 1. The molecule has 1 aliphatic carbocycles. The Morgan fingerprint density at radius 2 is 2.00 bits per heavy atom. The van der Waals surface area contributed by atoms with Gasteiger partial charge < -0.3 is 9.88 Å². The number of aryl methyl sites for hydroxylation is 1. The van der Waals surface area contributed by atoms with Gasteiger partial charge in [-0.25, -0.2) is 4.98 Å². The molecule has 2 aromatic heterocycles. The summed E-state index contributed by atoms with van der Waals surface area (Å²) < 4.78 is 2.75. The Hall–Kier alpha value is -1.89. The van der Waals surface area contributed by atoms with Crippen LogP contribution in [0.3, 0.4) is 0 Å². The molecule has 4 rings (SSSR count). The Kier molecular flexibility index (Phi) is 4.04. The van der Waals surface area contributed by atoms with Gasteiger partial charge in [-0.2, -0.15) is 0 Å². The SMILES string of the molecule is CCn1cc(I)c(=O)c2cc(NC3Cc4ccccc4C3)cnc21. The van der Waals surface area contributed by atoms with Gasteiger partial charge in [-0.3, -0.25) is 4.79 Å². The zero-order valence-corrected chi connectivity index (χ0v) is 15.6. The molecule has 0 amide bonds. The Morgan fingerprint density at radius 1 is 1.29 bits per heavy atom. The van der Waals surface area contributed by atoms with Crippen LogP contribution in [0.25, 0.3) is 11.0 Å². The van der Waals surface area contributed by atoms with Gasteiger partial charge in [0.25, 0.3) is 0 Å². The van der Waals surface area contributed by atoms with Crippen molar-refractivity contribution in [2.75, 3.05) is 5.32 Å². The summed E-state index contributed by atoms with van der Waals surface area (Å²) in [7, 11) is 0. The zero-order chi connectivity index (χ0) is 16.7. The Bertz CT molecular complexity index is 955. The van der Waals surface area contributed by atoms with Gasteiger partial charge in [0, 0.05) is 18.8 Å². The third-order valence-electron chi connectivity index (χ3n) is 4.63. The number of halogens is 1. The zero-order valence-electron chi connectivity index (χ0n) is 13.4. The summed E-state index contributed by atoms with van der Waals surface area (Å²) in [5.74, 6) is 0. The molecule has 1 aromatic carbocycles. The predicted octanol–water partition coefficient (Wildman–Crippen LogP) is 3.60. The average molecular weight is 431 g/mol. The van der Waals surface area contributed by atoms with Crippen LogP contribution in [0.15, 0.2) is 47.5 Å². The van der Waals surface area contributed by atoms with Gasteiger partial charge in [0.15, 0.2) is 0 Å². The van der Waals surface area contributed by atoms with Crippen molar-refractivity contribution in [3.8, 4) is 0 Å². The normalized spacial score (nSPS) is 14.1. The number of rotatable bonds is 3. The Labute approximate surface area is 154 Å². The molecule has 122 valence electrons. The second-order valence-corrected chi connectivity index (χ2v) is 7.37. The quantitative estimate of drug-likeness (QED) is 0.645. The third kappa shape index (κ3) is 2.70. The summed E-state index contributed by atoms with van der Waals surface area (Å²) in [6.45, 7) is 2.86. The van der Waals surface area contributed by atoms with Crippen molar-refractivity contribution < 1.29 is 0 Å². The molecule has 2 heterocycles. The fraction of sp³-hybridized carbons (Fsp3) is 0.263. The molecule has 5 heteroatoms. The van der Waals surface area contributed by atoms with E-state index in [1.165, 1.54) is 11.1 Å². The molecule has 0 aliphatic heterocycles. The number of hydrogen-bond acceptors (Lipinski definition) is 3. The molecule has 0 saturated heterocycles. The highest BCUT2D eigenvalue weighted by atomic mass is 127. The summed E-state index contributed by atoms with van der Waals surface area (Å²) in [6.07, 6.45) is 5.74. The fourth-order valence-electron chi connectivity index (χ4n) is 3.46. The van der Waals surface area contributed by atoms with Gasteiger partial charge in [0.05, 0.1) is 20.8 Å². The van der Waals surface area contributed by atoms with Crippen LogP contribution in [-0.4, -0.2) is 15.6 Å². The minimum Gasteiger partial charge on any atom is -0.380 e. The minimum absolute atomic E-state index is 0.0566. The van der Waals surface area contributed by atoms with Crippen LogP contribution in [-0.2, 0) is 19.4 Å². The van der Waals surface area contributed by atoms with Crippen LogP contribution in [0.4, 0.5) is 5.69 Å². The number of pyridine rings is 2. The third-order valence-corrected chi connectivity index (χ3v) is 5.40. The number of aromatic nitrogens is 2. The molecule has 0 radical (unpaired) electrons. The van der Waals surface area contributed by atoms with Gasteiger partial charge in [-0.05, 0) is 59.5 Å². The maximum absolute atomic E-state index is 12.5. The molecule has 1 N–H and O–H groups in total. The molecule has 24 heavy (non-hydrogen) atoms. The highest BCUT2D eigenvalue weighted by molar-refractivity contribution is 14.1. The molecule has 3 aromatic rings. The topological polar surface area (TPSA) is 46.9 Å². The van der Waals surface area contributed by atoms with Crippen LogP contribution in [0, 0.1) is 3.57 Å². The second kappa shape index (κ2) is 6.20. The second-order valence-electron chi connectivity index (χ2n) is 6.21. The molecular weight excluding hydrogens is 413 g/mol. The van der Waals surface area contributed by atoms with E-state index in [9.17, 15) is 4.79 Å². The van der Waals surface area contributed by atoms with Crippen molar-refractivity contribution in [3.05, 3.63) is 67.6 Å². The fourth-order valence-corrected chi connectivity index (χ4v) is 4.08. The highest BCUT2D eigenvalue weighted by Crippen LogP contribution is 2.25. The van der Waals surface area contributed by atoms with Crippen molar-refractivity contribution in [1.82, 2.24) is 9.55 Å². The lowest BCUT2D eigenvalue weighted by Gasteiger charge is -2.15. The first-order valence-corrected chi connectivity index (χ1v) is 9.25. The number of fused-ring (bicyclic) bond motifs is 2. The molecule has 0 fully saturated rings. The van der Waals surface area contributed by atoms with Gasteiger partial charge in [-0.15, -0.1) is 0 Å². The van der Waals surface area contributed by atoms with Crippen molar-refractivity contribution >= 4 is 39.3 Å². The van der Waals surface area contributed by atoms with Crippen LogP contribution >= 0.6 is 22.6 Å². The molecular formula is C19H18IN3O. The number of nitrogens with zero attached hydrogens (tertiary/aromatic N) is 2. The predicted molar refractivity (Wildman–Crippen MR) is 106 cm³/mol. The van der Waals surface area contributed by atoms with Gasteiger partial charge in [0.1, 0.15) is 5.65 Å². The maximum Gasteiger partial charge on any atom is 0.204 e. The van der Waals surface area contributed by atoms with Gasteiger partial charge in [-0.1, -0.05) is 24.3 Å².